The molecule has 0 radical (unpaired) electrons. The lowest BCUT2D eigenvalue weighted by atomic mass is 10.1. The summed E-state index contributed by atoms with van der Waals surface area (Å²) in [5, 5.41) is 12.1. The van der Waals surface area contributed by atoms with Gasteiger partial charge in [-0.25, -0.2) is 4.68 Å². The van der Waals surface area contributed by atoms with Crippen LogP contribution < -0.4 is 9.47 Å². The van der Waals surface area contributed by atoms with Crippen LogP contribution in [0.15, 0.2) is 23.4 Å². The number of tetrazole rings is 1. The summed E-state index contributed by atoms with van der Waals surface area (Å²) in [5.74, 6) is 1.14. The van der Waals surface area contributed by atoms with E-state index in [1.165, 1.54) is 11.8 Å². The van der Waals surface area contributed by atoms with Gasteiger partial charge in [-0.05, 0) is 48.4 Å². The van der Waals surface area contributed by atoms with Crippen LogP contribution in [0.3, 0.4) is 0 Å². The van der Waals surface area contributed by atoms with Crippen molar-refractivity contribution >= 4 is 17.5 Å². The molecule has 0 aliphatic heterocycles. The first kappa shape index (κ1) is 15.8. The highest BCUT2D eigenvalue weighted by Crippen LogP contribution is 2.37. The zero-order chi connectivity index (χ0) is 16.4. The molecule has 1 heterocycles. The summed E-state index contributed by atoms with van der Waals surface area (Å²) in [4.78, 5) is 12.6. The molecule has 1 unspecified atom stereocenters. The van der Waals surface area contributed by atoms with Gasteiger partial charge in [0.05, 0.1) is 25.5 Å². The highest BCUT2D eigenvalue weighted by Gasteiger charge is 2.29. The molecule has 23 heavy (non-hydrogen) atoms. The topological polar surface area (TPSA) is 79.1 Å². The molecule has 2 aromatic rings. The molecule has 1 aliphatic rings. The Bertz CT molecular complexity index is 714. The predicted molar refractivity (Wildman–Crippen MR) is 85.3 cm³/mol. The first-order valence-corrected chi connectivity index (χ1v) is 8.22. The molecule has 1 aromatic carbocycles. The van der Waals surface area contributed by atoms with Crippen LogP contribution in [0, 0.1) is 0 Å². The Morgan fingerprint density at radius 1 is 1.30 bits per heavy atom. The third kappa shape index (κ3) is 3.31. The second kappa shape index (κ2) is 6.57. The predicted octanol–water partition coefficient (Wildman–Crippen LogP) is 2.39. The number of carbonyl (C=O) groups is 1. The summed E-state index contributed by atoms with van der Waals surface area (Å²) in [5.41, 5.74) is 0.577. The van der Waals surface area contributed by atoms with Gasteiger partial charge in [0.1, 0.15) is 0 Å². The molecule has 0 spiro atoms. The maximum atomic E-state index is 12.6. The van der Waals surface area contributed by atoms with Gasteiger partial charge in [0, 0.05) is 5.56 Å². The Kier molecular flexibility index (Phi) is 4.51. The van der Waals surface area contributed by atoms with E-state index in [-0.39, 0.29) is 11.0 Å². The molecule has 3 rings (SSSR count). The van der Waals surface area contributed by atoms with Crippen molar-refractivity contribution < 1.29 is 14.3 Å². The van der Waals surface area contributed by atoms with E-state index in [2.05, 4.69) is 15.5 Å². The molecule has 1 saturated carbocycles. The molecule has 1 atom stereocenters. The normalized spacial score (nSPS) is 15.3. The van der Waals surface area contributed by atoms with Crippen molar-refractivity contribution in [3.8, 4) is 11.5 Å². The molecule has 122 valence electrons. The van der Waals surface area contributed by atoms with E-state index in [1.807, 2.05) is 11.6 Å². The monoisotopic (exact) mass is 334 g/mol. The van der Waals surface area contributed by atoms with Crippen LogP contribution >= 0.6 is 11.8 Å². The van der Waals surface area contributed by atoms with Gasteiger partial charge in [-0.3, -0.25) is 4.79 Å². The van der Waals surface area contributed by atoms with Gasteiger partial charge in [-0.1, -0.05) is 11.8 Å². The molecule has 1 aliphatic carbocycles. The van der Waals surface area contributed by atoms with Gasteiger partial charge >= 0.3 is 0 Å². The van der Waals surface area contributed by atoms with E-state index >= 15 is 0 Å². The fourth-order valence-corrected chi connectivity index (χ4v) is 3.18. The molecule has 8 heteroatoms. The van der Waals surface area contributed by atoms with Crippen molar-refractivity contribution in [2.75, 3.05) is 14.2 Å². The number of hydrogen-bond acceptors (Lipinski definition) is 7. The van der Waals surface area contributed by atoms with Gasteiger partial charge in [0.2, 0.25) is 5.16 Å². The Hall–Kier alpha value is -2.09. The quantitative estimate of drug-likeness (QED) is 0.568. The number of carbonyl (C=O) groups excluding carboxylic acids is 1. The molecule has 0 saturated heterocycles. The second-order valence-corrected chi connectivity index (χ2v) is 6.64. The lowest BCUT2D eigenvalue weighted by Crippen LogP contribution is -2.15. The number of hydrogen-bond donors (Lipinski definition) is 0. The fraction of sp³-hybridized carbons (Fsp3) is 0.467. The van der Waals surface area contributed by atoms with E-state index in [0.717, 1.165) is 12.8 Å². The van der Waals surface area contributed by atoms with Gasteiger partial charge in [-0.15, -0.1) is 5.10 Å². The molecule has 1 fully saturated rings. The van der Waals surface area contributed by atoms with E-state index in [4.69, 9.17) is 9.47 Å². The fourth-order valence-electron chi connectivity index (χ4n) is 2.25. The largest absolute Gasteiger partial charge is 0.493 e. The van der Waals surface area contributed by atoms with Crippen LogP contribution in [0.5, 0.6) is 11.5 Å². The summed E-state index contributed by atoms with van der Waals surface area (Å²) in [6.45, 7) is 1.86. The molecule has 0 bridgehead atoms. The van der Waals surface area contributed by atoms with Crippen LogP contribution in [0.4, 0.5) is 0 Å². The van der Waals surface area contributed by atoms with Crippen LogP contribution in [0.2, 0.25) is 0 Å². The number of benzene rings is 1. The Labute approximate surface area is 138 Å². The third-order valence-corrected chi connectivity index (χ3v) is 4.72. The summed E-state index contributed by atoms with van der Waals surface area (Å²) in [6, 6.07) is 5.56. The van der Waals surface area contributed by atoms with Gasteiger partial charge < -0.3 is 9.47 Å². The molecule has 1 aromatic heterocycles. The van der Waals surface area contributed by atoms with Crippen molar-refractivity contribution in [1.29, 1.82) is 0 Å². The molecule has 0 N–H and O–H groups in total. The average Bonchev–Trinajstić information content (AvgIpc) is 3.33. The Morgan fingerprint density at radius 2 is 2.04 bits per heavy atom. The number of Topliss-reactive ketones (excluding diaryl/α,β-unsaturated/α-hetero) is 1. The number of ketones is 1. The molecular formula is C15H18N4O3S. The van der Waals surface area contributed by atoms with Crippen LogP contribution in [-0.2, 0) is 0 Å². The summed E-state index contributed by atoms with van der Waals surface area (Å²) < 4.78 is 12.3. The van der Waals surface area contributed by atoms with E-state index < -0.39 is 0 Å². The second-order valence-electron chi connectivity index (χ2n) is 5.33. The highest BCUT2D eigenvalue weighted by molar-refractivity contribution is 8.00. The first-order valence-electron chi connectivity index (χ1n) is 7.34. The van der Waals surface area contributed by atoms with Crippen molar-refractivity contribution in [3.05, 3.63) is 23.8 Å². The minimum Gasteiger partial charge on any atom is -0.493 e. The van der Waals surface area contributed by atoms with Gasteiger partial charge in [0.15, 0.2) is 17.3 Å². The van der Waals surface area contributed by atoms with Crippen LogP contribution in [0.25, 0.3) is 0 Å². The summed E-state index contributed by atoms with van der Waals surface area (Å²) in [6.07, 6.45) is 2.19. The number of thioether (sulfide) groups is 1. The highest BCUT2D eigenvalue weighted by atomic mass is 32.2. The van der Waals surface area contributed by atoms with Crippen LogP contribution in [0.1, 0.15) is 36.2 Å². The zero-order valence-electron chi connectivity index (χ0n) is 13.2. The number of nitrogens with zero attached hydrogens (tertiary/aromatic N) is 4. The lowest BCUT2D eigenvalue weighted by molar-refractivity contribution is 0.0993. The molecular weight excluding hydrogens is 316 g/mol. The number of rotatable bonds is 7. The minimum atomic E-state index is -0.295. The van der Waals surface area contributed by atoms with E-state index in [0.29, 0.717) is 28.3 Å². The Morgan fingerprint density at radius 3 is 2.70 bits per heavy atom. The maximum absolute atomic E-state index is 12.6. The maximum Gasteiger partial charge on any atom is 0.210 e. The van der Waals surface area contributed by atoms with Crippen molar-refractivity contribution in [3.63, 3.8) is 0 Å². The van der Waals surface area contributed by atoms with Gasteiger partial charge in [-0.2, -0.15) is 0 Å². The van der Waals surface area contributed by atoms with Gasteiger partial charge in [0.25, 0.3) is 0 Å². The van der Waals surface area contributed by atoms with E-state index in [1.54, 1.807) is 32.4 Å². The third-order valence-electron chi connectivity index (χ3n) is 3.67. The molecule has 0 amide bonds. The van der Waals surface area contributed by atoms with Crippen LogP contribution in [-0.4, -0.2) is 45.5 Å². The van der Waals surface area contributed by atoms with Crippen molar-refractivity contribution in [2.45, 2.75) is 36.2 Å². The Balaban J connectivity index is 1.75. The van der Waals surface area contributed by atoms with Crippen molar-refractivity contribution in [1.82, 2.24) is 20.2 Å². The standard InChI is InChI=1S/C15H18N4O3S/c1-9(23-15-16-17-18-19(15)11-5-6-11)14(20)10-4-7-12(21-2)13(8-10)22-3/h4,7-9,11H,5-6H2,1-3H3. The average molecular weight is 334 g/mol. The first-order chi connectivity index (χ1) is 11.1. The minimum absolute atomic E-state index is 0.00120. The zero-order valence-corrected chi connectivity index (χ0v) is 14.0. The number of ether oxygens (including phenoxy) is 2. The SMILES string of the molecule is COc1ccc(C(=O)C(C)Sc2nnnn2C2CC2)cc1OC. The molecule has 7 nitrogen and oxygen atoms in total. The smallest absolute Gasteiger partial charge is 0.210 e. The summed E-state index contributed by atoms with van der Waals surface area (Å²) in [7, 11) is 3.11. The summed E-state index contributed by atoms with van der Waals surface area (Å²) >= 11 is 1.38. The number of aromatic nitrogens is 4. The van der Waals surface area contributed by atoms with E-state index in [9.17, 15) is 4.79 Å². The number of methoxy groups -OCH3 is 2. The van der Waals surface area contributed by atoms with Crippen molar-refractivity contribution in [2.24, 2.45) is 0 Å². The lowest BCUT2D eigenvalue weighted by Gasteiger charge is -2.12.